The molecule has 0 saturated carbocycles. The van der Waals surface area contributed by atoms with Gasteiger partial charge in [-0.3, -0.25) is 9.59 Å². The van der Waals surface area contributed by atoms with Gasteiger partial charge in [0.15, 0.2) is 5.69 Å². The van der Waals surface area contributed by atoms with E-state index in [1.54, 1.807) is 0 Å². The third-order valence-electron chi connectivity index (χ3n) is 2.15. The molecule has 0 unspecified atom stereocenters. The lowest BCUT2D eigenvalue weighted by molar-refractivity contribution is 0.0968. The molecule has 0 fully saturated rings. The van der Waals surface area contributed by atoms with Gasteiger partial charge in [-0.2, -0.15) is 0 Å². The van der Waals surface area contributed by atoms with Crippen molar-refractivity contribution in [1.82, 2.24) is 20.3 Å². The minimum absolute atomic E-state index is 0.0382. The molecule has 0 spiro atoms. The standard InChI is InChI=1S/C8H7ClN4O2/c1-10-4-3(9)7(14)6-5(8(4)15)11-12-13(6)2/h10H,1-2H3. The molecule has 0 radical (unpaired) electrons. The minimum atomic E-state index is -0.442. The Labute approximate surface area is 89.9 Å². The van der Waals surface area contributed by atoms with Crippen molar-refractivity contribution in [1.29, 1.82) is 0 Å². The second-order valence-electron chi connectivity index (χ2n) is 3.01. The summed E-state index contributed by atoms with van der Waals surface area (Å²) < 4.78 is 1.24. The summed E-state index contributed by atoms with van der Waals surface area (Å²) in [6.45, 7) is 0. The van der Waals surface area contributed by atoms with Crippen molar-refractivity contribution in [2.24, 2.45) is 7.05 Å². The number of Topliss-reactive ketones (excluding diaryl/α,β-unsaturated/α-hetero) is 2. The van der Waals surface area contributed by atoms with Crippen LogP contribution < -0.4 is 5.32 Å². The molecule has 2 rings (SSSR count). The maximum atomic E-state index is 11.7. The predicted octanol–water partition coefficient (Wildman–Crippen LogP) is -0.136. The number of ketones is 2. The van der Waals surface area contributed by atoms with Crippen molar-refractivity contribution < 1.29 is 9.59 Å². The molecule has 1 aliphatic carbocycles. The van der Waals surface area contributed by atoms with Crippen LogP contribution in [0.4, 0.5) is 0 Å². The highest BCUT2D eigenvalue weighted by atomic mass is 35.5. The molecule has 1 aromatic heterocycles. The molecule has 1 aromatic rings. The van der Waals surface area contributed by atoms with Crippen molar-refractivity contribution >= 4 is 23.2 Å². The number of fused-ring (bicyclic) bond motifs is 1. The highest BCUT2D eigenvalue weighted by Crippen LogP contribution is 2.24. The molecule has 15 heavy (non-hydrogen) atoms. The van der Waals surface area contributed by atoms with Crippen LogP contribution in [0.2, 0.25) is 0 Å². The Hall–Kier alpha value is -1.69. The summed E-state index contributed by atoms with van der Waals surface area (Å²) in [6.07, 6.45) is 0. The normalized spacial score (nSPS) is 15.7. The summed E-state index contributed by atoms with van der Waals surface area (Å²) in [7, 11) is 3.05. The fourth-order valence-electron chi connectivity index (χ4n) is 1.42. The van der Waals surface area contributed by atoms with E-state index in [4.69, 9.17) is 11.6 Å². The second kappa shape index (κ2) is 3.16. The van der Waals surface area contributed by atoms with E-state index in [-0.39, 0.29) is 22.1 Å². The number of nitrogens with one attached hydrogen (secondary N) is 1. The maximum absolute atomic E-state index is 11.7. The van der Waals surface area contributed by atoms with Crippen molar-refractivity contribution in [2.45, 2.75) is 0 Å². The van der Waals surface area contributed by atoms with Crippen LogP contribution in [0.3, 0.4) is 0 Å². The van der Waals surface area contributed by atoms with Crippen molar-refractivity contribution in [3.63, 3.8) is 0 Å². The van der Waals surface area contributed by atoms with E-state index in [0.717, 1.165) is 0 Å². The average Bonchev–Trinajstić information content (AvgIpc) is 2.58. The van der Waals surface area contributed by atoms with E-state index in [1.807, 2.05) is 0 Å². The number of likely N-dealkylation sites (N-methyl/N-ethyl adjacent to an activating group) is 1. The van der Waals surface area contributed by atoms with Crippen LogP contribution in [-0.2, 0) is 7.05 Å². The van der Waals surface area contributed by atoms with Crippen molar-refractivity contribution in [3.05, 3.63) is 22.1 Å². The first-order valence-electron chi connectivity index (χ1n) is 4.14. The minimum Gasteiger partial charge on any atom is -0.384 e. The van der Waals surface area contributed by atoms with Crippen LogP contribution in [0.25, 0.3) is 0 Å². The molecule has 0 aliphatic heterocycles. The van der Waals surface area contributed by atoms with E-state index in [2.05, 4.69) is 15.6 Å². The fraction of sp³-hybridized carbons (Fsp3) is 0.250. The lowest BCUT2D eigenvalue weighted by atomic mass is 10.0. The Morgan fingerprint density at radius 1 is 1.33 bits per heavy atom. The van der Waals surface area contributed by atoms with Gasteiger partial charge in [-0.1, -0.05) is 16.8 Å². The monoisotopic (exact) mass is 226 g/mol. The zero-order valence-electron chi connectivity index (χ0n) is 8.04. The van der Waals surface area contributed by atoms with E-state index in [9.17, 15) is 9.59 Å². The first kappa shape index (κ1) is 9.85. The van der Waals surface area contributed by atoms with Gasteiger partial charge in [0.2, 0.25) is 11.6 Å². The summed E-state index contributed by atoms with van der Waals surface area (Å²) in [6, 6.07) is 0. The van der Waals surface area contributed by atoms with Crippen LogP contribution in [0.15, 0.2) is 10.7 Å². The average molecular weight is 227 g/mol. The highest BCUT2D eigenvalue weighted by Gasteiger charge is 2.35. The lowest BCUT2D eigenvalue weighted by Gasteiger charge is -2.12. The zero-order valence-corrected chi connectivity index (χ0v) is 8.79. The largest absolute Gasteiger partial charge is 0.384 e. The highest BCUT2D eigenvalue weighted by molar-refractivity contribution is 6.49. The maximum Gasteiger partial charge on any atom is 0.233 e. The number of aromatic nitrogens is 3. The Bertz CT molecular complexity index is 503. The molecule has 7 heteroatoms. The first-order chi connectivity index (χ1) is 7.07. The van der Waals surface area contributed by atoms with E-state index < -0.39 is 11.6 Å². The van der Waals surface area contributed by atoms with Gasteiger partial charge in [-0.15, -0.1) is 5.10 Å². The molecule has 78 valence electrons. The van der Waals surface area contributed by atoms with Gasteiger partial charge in [-0.05, 0) is 0 Å². The third-order valence-corrected chi connectivity index (χ3v) is 2.51. The number of hydrogen-bond acceptors (Lipinski definition) is 5. The molecule has 1 aliphatic rings. The Morgan fingerprint density at radius 2 is 2.00 bits per heavy atom. The zero-order chi connectivity index (χ0) is 11.2. The molecule has 0 atom stereocenters. The van der Waals surface area contributed by atoms with Gasteiger partial charge < -0.3 is 5.32 Å². The van der Waals surface area contributed by atoms with Gasteiger partial charge in [0.1, 0.15) is 16.4 Å². The number of carbonyl (C=O) groups is 2. The Kier molecular flexibility index (Phi) is 2.08. The molecule has 0 aromatic carbocycles. The van der Waals surface area contributed by atoms with Gasteiger partial charge in [0, 0.05) is 14.1 Å². The number of halogens is 1. The molecule has 1 heterocycles. The molecule has 6 nitrogen and oxygen atoms in total. The number of hydrogen-bond donors (Lipinski definition) is 1. The number of allylic oxidation sites excluding steroid dienone is 2. The second-order valence-corrected chi connectivity index (χ2v) is 3.39. The summed E-state index contributed by atoms with van der Waals surface area (Å²) in [4.78, 5) is 23.5. The van der Waals surface area contributed by atoms with Crippen molar-refractivity contribution in [2.75, 3.05) is 7.05 Å². The fourth-order valence-corrected chi connectivity index (χ4v) is 1.69. The predicted molar refractivity (Wildman–Crippen MR) is 51.6 cm³/mol. The van der Waals surface area contributed by atoms with Crippen LogP contribution in [0.5, 0.6) is 0 Å². The quantitative estimate of drug-likeness (QED) is 0.722. The van der Waals surface area contributed by atoms with Crippen LogP contribution in [0, 0.1) is 0 Å². The van der Waals surface area contributed by atoms with Gasteiger partial charge in [0.05, 0.1) is 0 Å². The number of aryl methyl sites for hydroxylation is 1. The lowest BCUT2D eigenvalue weighted by Crippen LogP contribution is -2.27. The van der Waals surface area contributed by atoms with Gasteiger partial charge in [-0.25, -0.2) is 4.68 Å². The van der Waals surface area contributed by atoms with E-state index >= 15 is 0 Å². The Balaban J connectivity index is 2.70. The molecule has 0 bridgehead atoms. The van der Waals surface area contributed by atoms with Crippen molar-refractivity contribution in [3.8, 4) is 0 Å². The van der Waals surface area contributed by atoms with E-state index in [1.165, 1.54) is 18.8 Å². The summed E-state index contributed by atoms with van der Waals surface area (Å²) in [5, 5.41) is 9.70. The number of carbonyl (C=O) groups excluding carboxylic acids is 2. The van der Waals surface area contributed by atoms with Crippen LogP contribution in [0.1, 0.15) is 21.0 Å². The van der Waals surface area contributed by atoms with E-state index in [0.29, 0.717) is 0 Å². The molecule has 1 N–H and O–H groups in total. The smallest absolute Gasteiger partial charge is 0.233 e. The summed E-state index contributed by atoms with van der Waals surface area (Å²) in [5.74, 6) is -0.853. The SMILES string of the molecule is CNC1=C(Cl)C(=O)c2c(nnn2C)C1=O. The summed E-state index contributed by atoms with van der Waals surface area (Å²) in [5.41, 5.74) is 0.231. The third kappa shape index (κ3) is 1.18. The first-order valence-corrected chi connectivity index (χ1v) is 4.52. The van der Waals surface area contributed by atoms with Crippen LogP contribution >= 0.6 is 11.6 Å². The van der Waals surface area contributed by atoms with Crippen LogP contribution in [-0.4, -0.2) is 33.6 Å². The Morgan fingerprint density at radius 3 is 2.60 bits per heavy atom. The summed E-state index contributed by atoms with van der Waals surface area (Å²) >= 11 is 5.76. The van der Waals surface area contributed by atoms with Gasteiger partial charge >= 0.3 is 0 Å². The number of nitrogens with zero attached hydrogens (tertiary/aromatic N) is 3. The molecule has 0 saturated heterocycles. The molecule has 0 amide bonds. The number of rotatable bonds is 1. The molecular weight excluding hydrogens is 220 g/mol. The topological polar surface area (TPSA) is 76.9 Å². The van der Waals surface area contributed by atoms with Gasteiger partial charge in [0.25, 0.3) is 0 Å². The molecular formula is C8H7ClN4O2.